The fraction of sp³-hybridized carbons (Fsp3) is 0.423. The molecule has 3 aromatic rings. The van der Waals surface area contributed by atoms with Gasteiger partial charge in [0.05, 0.1) is 18.8 Å². The van der Waals surface area contributed by atoms with Crippen LogP contribution in [0.5, 0.6) is 5.75 Å². The first-order valence-electron chi connectivity index (χ1n) is 11.3. The molecule has 0 N–H and O–H groups in total. The Hall–Kier alpha value is -2.79. The van der Waals surface area contributed by atoms with Crippen LogP contribution in [-0.2, 0) is 13.0 Å². The summed E-state index contributed by atoms with van der Waals surface area (Å²) >= 11 is 0. The number of aromatic nitrogens is 3. The third kappa shape index (κ3) is 4.77. The van der Waals surface area contributed by atoms with Gasteiger partial charge in [-0.25, -0.2) is 9.97 Å². The van der Waals surface area contributed by atoms with E-state index in [1.807, 2.05) is 18.6 Å². The Morgan fingerprint density at radius 3 is 2.74 bits per heavy atom. The van der Waals surface area contributed by atoms with Crippen molar-refractivity contribution in [1.82, 2.24) is 19.9 Å². The highest BCUT2D eigenvalue weighted by Crippen LogP contribution is 2.37. The summed E-state index contributed by atoms with van der Waals surface area (Å²) < 4.78 is 5.74. The molecule has 4 rings (SSSR count). The molecular weight excluding hydrogens is 384 g/mol. The van der Waals surface area contributed by atoms with Gasteiger partial charge in [-0.3, -0.25) is 9.88 Å². The molecule has 0 amide bonds. The summed E-state index contributed by atoms with van der Waals surface area (Å²) in [6, 6.07) is 10.8. The molecule has 1 atom stereocenters. The number of methoxy groups -OCH3 is 1. The lowest BCUT2D eigenvalue weighted by Crippen LogP contribution is -2.34. The monoisotopic (exact) mass is 416 g/mol. The van der Waals surface area contributed by atoms with Crippen molar-refractivity contribution < 1.29 is 4.74 Å². The summed E-state index contributed by atoms with van der Waals surface area (Å²) in [6.45, 7) is 6.21. The van der Waals surface area contributed by atoms with Crippen LogP contribution in [0.1, 0.15) is 61.3 Å². The number of benzene rings is 1. The van der Waals surface area contributed by atoms with Crippen LogP contribution < -0.4 is 4.74 Å². The van der Waals surface area contributed by atoms with E-state index in [9.17, 15) is 0 Å². The Bertz CT molecular complexity index is 1010. The zero-order chi connectivity index (χ0) is 21.6. The predicted octanol–water partition coefficient (Wildman–Crippen LogP) is 5.54. The number of para-hydroxylation sites is 1. The van der Waals surface area contributed by atoms with Crippen LogP contribution in [0, 0.1) is 6.92 Å². The van der Waals surface area contributed by atoms with Crippen molar-refractivity contribution in [2.75, 3.05) is 13.7 Å². The number of likely N-dealkylation sites (tertiary alicyclic amines) is 1. The third-order valence-electron chi connectivity index (χ3n) is 6.13. The Labute approximate surface area is 185 Å². The molecule has 0 radical (unpaired) electrons. The van der Waals surface area contributed by atoms with Gasteiger partial charge in [0.15, 0.2) is 0 Å². The molecule has 0 saturated carbocycles. The van der Waals surface area contributed by atoms with Gasteiger partial charge in [0.2, 0.25) is 0 Å². The van der Waals surface area contributed by atoms with Gasteiger partial charge >= 0.3 is 0 Å². The fourth-order valence-corrected chi connectivity index (χ4v) is 4.62. The number of rotatable bonds is 7. The van der Waals surface area contributed by atoms with Gasteiger partial charge in [0.25, 0.3) is 0 Å². The molecule has 5 heteroatoms. The van der Waals surface area contributed by atoms with Gasteiger partial charge in [-0.05, 0) is 56.0 Å². The van der Waals surface area contributed by atoms with Crippen molar-refractivity contribution in [1.29, 1.82) is 0 Å². The summed E-state index contributed by atoms with van der Waals surface area (Å²) in [7, 11) is 1.77. The van der Waals surface area contributed by atoms with Crippen molar-refractivity contribution in [3.8, 4) is 16.9 Å². The van der Waals surface area contributed by atoms with E-state index in [0.717, 1.165) is 60.7 Å². The smallest absolute Gasteiger partial charge is 0.128 e. The normalized spacial score (nSPS) is 16.9. The van der Waals surface area contributed by atoms with Crippen molar-refractivity contribution in [3.05, 3.63) is 71.6 Å². The third-order valence-corrected chi connectivity index (χ3v) is 6.13. The number of pyridine rings is 1. The van der Waals surface area contributed by atoms with E-state index in [4.69, 9.17) is 9.72 Å². The van der Waals surface area contributed by atoms with Crippen molar-refractivity contribution in [3.63, 3.8) is 0 Å². The molecule has 5 nitrogen and oxygen atoms in total. The van der Waals surface area contributed by atoms with Gasteiger partial charge in [-0.1, -0.05) is 31.5 Å². The van der Waals surface area contributed by atoms with Crippen LogP contribution in [0.25, 0.3) is 11.1 Å². The molecule has 0 spiro atoms. The lowest BCUT2D eigenvalue weighted by Gasteiger charge is -2.36. The maximum Gasteiger partial charge on any atom is 0.128 e. The lowest BCUT2D eigenvalue weighted by atomic mass is 9.93. The van der Waals surface area contributed by atoms with E-state index in [0.29, 0.717) is 0 Å². The van der Waals surface area contributed by atoms with E-state index >= 15 is 0 Å². The molecule has 3 heterocycles. The van der Waals surface area contributed by atoms with Crippen LogP contribution in [0.2, 0.25) is 0 Å². The van der Waals surface area contributed by atoms with Gasteiger partial charge in [0, 0.05) is 42.7 Å². The second-order valence-electron chi connectivity index (χ2n) is 8.32. The highest BCUT2D eigenvalue weighted by atomic mass is 16.5. The van der Waals surface area contributed by atoms with E-state index in [1.165, 1.54) is 24.0 Å². The van der Waals surface area contributed by atoms with Crippen molar-refractivity contribution in [2.45, 2.75) is 58.5 Å². The Balaban J connectivity index is 1.74. The molecule has 0 unspecified atom stereocenters. The lowest BCUT2D eigenvalue weighted by molar-refractivity contribution is 0.136. The molecule has 1 saturated heterocycles. The highest BCUT2D eigenvalue weighted by Gasteiger charge is 2.29. The SMILES string of the molecule is CCCc1ncc(-c2ccncc2)c([C@H]2CCCCN2Cc2cccc(C)c2OC)n1. The number of piperidine rings is 1. The average Bonchev–Trinajstić information content (AvgIpc) is 2.80. The van der Waals surface area contributed by atoms with Crippen LogP contribution in [0.3, 0.4) is 0 Å². The minimum atomic E-state index is 0.265. The summed E-state index contributed by atoms with van der Waals surface area (Å²) in [4.78, 5) is 16.6. The van der Waals surface area contributed by atoms with Gasteiger partial charge < -0.3 is 4.74 Å². The van der Waals surface area contributed by atoms with E-state index in [-0.39, 0.29) is 6.04 Å². The Morgan fingerprint density at radius 2 is 1.97 bits per heavy atom. The Morgan fingerprint density at radius 1 is 1.13 bits per heavy atom. The van der Waals surface area contributed by atoms with Crippen LogP contribution in [0.4, 0.5) is 0 Å². The second kappa shape index (κ2) is 10.0. The molecule has 1 aromatic carbocycles. The second-order valence-corrected chi connectivity index (χ2v) is 8.32. The summed E-state index contributed by atoms with van der Waals surface area (Å²) in [5.41, 5.74) is 5.82. The molecule has 1 aliphatic heterocycles. The minimum absolute atomic E-state index is 0.265. The first kappa shape index (κ1) is 21.4. The molecule has 1 fully saturated rings. The van der Waals surface area contributed by atoms with Gasteiger partial charge in [-0.15, -0.1) is 0 Å². The quantitative estimate of drug-likeness (QED) is 0.506. The van der Waals surface area contributed by atoms with E-state index < -0.39 is 0 Å². The standard InChI is InChI=1S/C26H32N4O/c1-4-8-24-28-17-22(20-12-14-27-15-13-20)25(29-24)23-11-5-6-16-30(23)18-21-10-7-9-19(2)26(21)31-3/h7,9-10,12-15,17,23H,4-6,8,11,16,18H2,1-3H3/t23-/m1/s1. The van der Waals surface area contributed by atoms with Crippen LogP contribution >= 0.6 is 0 Å². The number of hydrogen-bond donors (Lipinski definition) is 0. The molecular formula is C26H32N4O. The zero-order valence-electron chi connectivity index (χ0n) is 18.8. The number of hydrogen-bond acceptors (Lipinski definition) is 5. The summed E-state index contributed by atoms with van der Waals surface area (Å²) in [5, 5.41) is 0. The molecule has 1 aliphatic rings. The number of ether oxygens (including phenoxy) is 1. The van der Waals surface area contributed by atoms with Crippen molar-refractivity contribution in [2.24, 2.45) is 0 Å². The average molecular weight is 417 g/mol. The fourth-order valence-electron chi connectivity index (χ4n) is 4.62. The van der Waals surface area contributed by atoms with E-state index in [2.05, 4.69) is 59.0 Å². The maximum atomic E-state index is 5.74. The first-order chi connectivity index (χ1) is 15.2. The largest absolute Gasteiger partial charge is 0.496 e. The van der Waals surface area contributed by atoms with E-state index in [1.54, 1.807) is 7.11 Å². The minimum Gasteiger partial charge on any atom is -0.496 e. The Kier molecular flexibility index (Phi) is 6.92. The van der Waals surface area contributed by atoms with Crippen molar-refractivity contribution >= 4 is 0 Å². The number of aryl methyl sites for hydroxylation is 2. The molecule has 162 valence electrons. The van der Waals surface area contributed by atoms with Gasteiger partial charge in [-0.2, -0.15) is 0 Å². The summed E-state index contributed by atoms with van der Waals surface area (Å²) in [5.74, 6) is 1.93. The molecule has 0 aliphatic carbocycles. The first-order valence-corrected chi connectivity index (χ1v) is 11.3. The maximum absolute atomic E-state index is 5.74. The van der Waals surface area contributed by atoms with Crippen LogP contribution in [0.15, 0.2) is 48.9 Å². The molecule has 0 bridgehead atoms. The summed E-state index contributed by atoms with van der Waals surface area (Å²) in [6.07, 6.45) is 11.2. The molecule has 2 aromatic heterocycles. The number of nitrogens with zero attached hydrogens (tertiary/aromatic N) is 4. The van der Waals surface area contributed by atoms with Crippen LogP contribution in [-0.4, -0.2) is 33.5 Å². The van der Waals surface area contributed by atoms with Gasteiger partial charge in [0.1, 0.15) is 11.6 Å². The zero-order valence-corrected chi connectivity index (χ0v) is 18.8. The molecule has 31 heavy (non-hydrogen) atoms. The topological polar surface area (TPSA) is 51.1 Å². The predicted molar refractivity (Wildman–Crippen MR) is 124 cm³/mol. The highest BCUT2D eigenvalue weighted by molar-refractivity contribution is 5.65.